The molecule has 4 aliphatic rings. The van der Waals surface area contributed by atoms with Gasteiger partial charge in [0.15, 0.2) is 0 Å². The quantitative estimate of drug-likeness (QED) is 0.474. The van der Waals surface area contributed by atoms with Gasteiger partial charge in [-0.1, -0.05) is 0 Å². The molecule has 0 unspecified atom stereocenters. The largest absolute Gasteiger partial charge is 0.490 e. The van der Waals surface area contributed by atoms with Gasteiger partial charge in [0.05, 0.1) is 6.61 Å². The average Bonchev–Trinajstić information content (AvgIpc) is 3.77. The van der Waals surface area contributed by atoms with Gasteiger partial charge in [0.2, 0.25) is 5.95 Å². The van der Waals surface area contributed by atoms with Crippen molar-refractivity contribution in [3.8, 4) is 0 Å². The molecule has 1 aromatic rings. The Bertz CT molecular complexity index is 935. The number of nitrogens with zero attached hydrogens (tertiary/aromatic N) is 4. The van der Waals surface area contributed by atoms with Crippen molar-refractivity contribution in [1.29, 1.82) is 0 Å². The van der Waals surface area contributed by atoms with Gasteiger partial charge < -0.3 is 24.7 Å². The van der Waals surface area contributed by atoms with E-state index in [0.29, 0.717) is 11.3 Å². The summed E-state index contributed by atoms with van der Waals surface area (Å²) >= 11 is 0. The second kappa shape index (κ2) is 12.7. The molecule has 3 heterocycles. The highest BCUT2D eigenvalue weighted by molar-refractivity contribution is 5.73. The monoisotopic (exact) mass is 570 g/mol. The van der Waals surface area contributed by atoms with Gasteiger partial charge >= 0.3 is 24.3 Å². The van der Waals surface area contributed by atoms with Crippen LogP contribution >= 0.6 is 0 Å². The molecule has 2 N–H and O–H groups in total. The predicted molar refractivity (Wildman–Crippen MR) is 125 cm³/mol. The van der Waals surface area contributed by atoms with Gasteiger partial charge in [0.25, 0.3) is 0 Å². The van der Waals surface area contributed by atoms with E-state index in [2.05, 4.69) is 19.8 Å². The van der Waals surface area contributed by atoms with Gasteiger partial charge in [0, 0.05) is 63.1 Å². The number of aromatic nitrogens is 2. The minimum atomic E-state index is -5.08. The van der Waals surface area contributed by atoms with Crippen LogP contribution in [0.4, 0.5) is 32.3 Å². The van der Waals surface area contributed by atoms with E-state index in [1.807, 2.05) is 18.5 Å². The van der Waals surface area contributed by atoms with Gasteiger partial charge in [-0.3, -0.25) is 0 Å². The van der Waals surface area contributed by atoms with Crippen molar-refractivity contribution < 1.29 is 50.9 Å². The fraction of sp³-hybridized carbons (Fsp3) is 0.750. The van der Waals surface area contributed by atoms with Gasteiger partial charge in [-0.25, -0.2) is 19.6 Å². The molecule has 1 aromatic heterocycles. The molecule has 39 heavy (non-hydrogen) atoms. The Morgan fingerprint density at radius 3 is 1.95 bits per heavy atom. The van der Waals surface area contributed by atoms with Crippen LogP contribution < -0.4 is 4.90 Å². The number of anilines is 1. The number of rotatable bonds is 7. The Hall–Kier alpha value is -2.68. The van der Waals surface area contributed by atoms with Crippen molar-refractivity contribution in [2.45, 2.75) is 44.5 Å². The third kappa shape index (κ3) is 9.78. The highest BCUT2D eigenvalue weighted by atomic mass is 19.4. The third-order valence-corrected chi connectivity index (χ3v) is 7.17. The standard InChI is InChI=1S/C20H30N4O.2C2HF3O2/c1-7-21-19(22-8-1)24-9-6-20(15-24)14-23(10-16-2-3-16)11-18(20)13-25-12-17-4-5-17;2*3-2(4,5)1(6)7/h1,7-8,16-18H,2-6,9-15H2;2*(H,6,7)/t18-,20+;;/m0../s1. The summed E-state index contributed by atoms with van der Waals surface area (Å²) in [4.78, 5) is 31.9. The summed E-state index contributed by atoms with van der Waals surface area (Å²) in [5.74, 6) is -2.12. The molecule has 5 rings (SSSR count). The SMILES string of the molecule is O=C(O)C(F)(F)F.O=C(O)C(F)(F)F.c1cnc(N2CC[C@@]3(CN(CC4CC4)C[C@H]3COCC3CC3)C2)nc1. The van der Waals surface area contributed by atoms with Crippen molar-refractivity contribution in [3.05, 3.63) is 18.5 Å². The number of carboxylic acids is 2. The second-order valence-electron chi connectivity index (χ2n) is 10.5. The lowest BCUT2D eigenvalue weighted by Crippen LogP contribution is -2.37. The van der Waals surface area contributed by atoms with Gasteiger partial charge in [0.1, 0.15) is 0 Å². The molecular weight excluding hydrogens is 538 g/mol. The van der Waals surface area contributed by atoms with E-state index in [1.54, 1.807) is 0 Å². The smallest absolute Gasteiger partial charge is 0.475 e. The maximum Gasteiger partial charge on any atom is 0.490 e. The maximum atomic E-state index is 10.6. The molecular formula is C24H32F6N4O5. The Morgan fingerprint density at radius 2 is 1.46 bits per heavy atom. The van der Waals surface area contributed by atoms with Crippen LogP contribution in [-0.4, -0.2) is 95.3 Å². The zero-order chi connectivity index (χ0) is 28.8. The first kappa shape index (κ1) is 30.9. The van der Waals surface area contributed by atoms with Crippen LogP contribution in [0.25, 0.3) is 0 Å². The fourth-order valence-corrected chi connectivity index (χ4v) is 4.82. The molecule has 2 saturated carbocycles. The van der Waals surface area contributed by atoms with Crippen LogP contribution in [0.1, 0.15) is 32.1 Å². The molecule has 0 amide bonds. The summed E-state index contributed by atoms with van der Waals surface area (Å²) in [6.45, 7) is 7.88. The molecule has 2 saturated heterocycles. The molecule has 1 spiro atoms. The fourth-order valence-electron chi connectivity index (χ4n) is 4.82. The van der Waals surface area contributed by atoms with Gasteiger partial charge in [-0.05, 0) is 50.0 Å². The van der Waals surface area contributed by atoms with E-state index >= 15 is 0 Å². The Kier molecular flexibility index (Phi) is 10.0. The van der Waals surface area contributed by atoms with E-state index in [-0.39, 0.29) is 0 Å². The normalized spacial score (nSPS) is 25.1. The minimum absolute atomic E-state index is 0.373. The molecule has 2 aliphatic heterocycles. The van der Waals surface area contributed by atoms with Crippen molar-refractivity contribution >= 4 is 17.9 Å². The Morgan fingerprint density at radius 1 is 0.923 bits per heavy atom. The van der Waals surface area contributed by atoms with Crippen molar-refractivity contribution in [2.75, 3.05) is 50.8 Å². The van der Waals surface area contributed by atoms with E-state index in [9.17, 15) is 26.3 Å². The number of carboxylic acid groups (broad SMARTS) is 2. The summed E-state index contributed by atoms with van der Waals surface area (Å²) in [5, 5.41) is 14.2. The number of carbonyl (C=O) groups is 2. The number of ether oxygens (including phenoxy) is 1. The molecule has 15 heteroatoms. The van der Waals surface area contributed by atoms with E-state index < -0.39 is 24.3 Å². The lowest BCUT2D eigenvalue weighted by atomic mass is 9.77. The maximum absolute atomic E-state index is 10.6. The van der Waals surface area contributed by atoms with Crippen LogP contribution in [0.15, 0.2) is 18.5 Å². The van der Waals surface area contributed by atoms with Crippen LogP contribution in [0.3, 0.4) is 0 Å². The molecule has 0 radical (unpaired) electrons. The van der Waals surface area contributed by atoms with Crippen LogP contribution in [0.2, 0.25) is 0 Å². The molecule has 2 atom stereocenters. The second-order valence-corrected chi connectivity index (χ2v) is 10.5. The number of hydrogen-bond donors (Lipinski definition) is 2. The van der Waals surface area contributed by atoms with E-state index in [4.69, 9.17) is 24.5 Å². The Labute approximate surface area is 221 Å². The van der Waals surface area contributed by atoms with Crippen molar-refractivity contribution in [2.24, 2.45) is 23.2 Å². The summed E-state index contributed by atoms with van der Waals surface area (Å²) in [6, 6.07) is 1.90. The van der Waals surface area contributed by atoms with Gasteiger partial charge in [-0.2, -0.15) is 26.3 Å². The molecule has 220 valence electrons. The lowest BCUT2D eigenvalue weighted by molar-refractivity contribution is -0.193. The third-order valence-electron chi connectivity index (χ3n) is 7.17. The van der Waals surface area contributed by atoms with Crippen LogP contribution in [0.5, 0.6) is 0 Å². The summed E-state index contributed by atoms with van der Waals surface area (Å²) in [6.07, 6.45) is 0.442. The minimum Gasteiger partial charge on any atom is -0.475 e. The topological polar surface area (TPSA) is 116 Å². The number of likely N-dealkylation sites (tertiary alicyclic amines) is 1. The number of aliphatic carboxylic acids is 2. The summed E-state index contributed by atoms with van der Waals surface area (Å²) < 4.78 is 69.6. The van der Waals surface area contributed by atoms with E-state index in [0.717, 1.165) is 44.1 Å². The number of alkyl halides is 6. The average molecular weight is 571 g/mol. The highest BCUT2D eigenvalue weighted by Gasteiger charge is 2.51. The Balaban J connectivity index is 0.000000251. The molecule has 2 aliphatic carbocycles. The summed E-state index contributed by atoms with van der Waals surface area (Å²) in [5.41, 5.74) is 0.373. The van der Waals surface area contributed by atoms with Crippen LogP contribution in [0, 0.1) is 23.2 Å². The van der Waals surface area contributed by atoms with Crippen LogP contribution in [-0.2, 0) is 14.3 Å². The molecule has 4 fully saturated rings. The molecule has 9 nitrogen and oxygen atoms in total. The number of halogens is 6. The van der Waals surface area contributed by atoms with Crippen molar-refractivity contribution in [1.82, 2.24) is 14.9 Å². The zero-order valence-electron chi connectivity index (χ0n) is 21.1. The van der Waals surface area contributed by atoms with Crippen molar-refractivity contribution in [3.63, 3.8) is 0 Å². The van der Waals surface area contributed by atoms with Gasteiger partial charge in [-0.15, -0.1) is 0 Å². The first-order valence-corrected chi connectivity index (χ1v) is 12.6. The lowest BCUT2D eigenvalue weighted by Gasteiger charge is -2.30. The van der Waals surface area contributed by atoms with E-state index in [1.165, 1.54) is 51.7 Å². The summed E-state index contributed by atoms with van der Waals surface area (Å²) in [7, 11) is 0. The zero-order valence-corrected chi connectivity index (χ0v) is 21.1. The highest BCUT2D eigenvalue weighted by Crippen LogP contribution is 2.46. The molecule has 0 bridgehead atoms. The number of hydrogen-bond acceptors (Lipinski definition) is 7. The predicted octanol–water partition coefficient (Wildman–Crippen LogP) is 3.71. The molecule has 0 aromatic carbocycles. The first-order valence-electron chi connectivity index (χ1n) is 12.6. The first-order chi connectivity index (χ1) is 18.2.